The average molecular weight is 606 g/mol. The van der Waals surface area contributed by atoms with Gasteiger partial charge in [-0.2, -0.15) is 5.01 Å². The molecular formula is C23H13Cl2N5O7S2. The number of amides is 3. The zero-order valence-corrected chi connectivity index (χ0v) is 22.3. The Morgan fingerprint density at radius 2 is 1.74 bits per heavy atom. The van der Waals surface area contributed by atoms with Gasteiger partial charge in [0, 0.05) is 17.3 Å². The molecule has 16 heteroatoms. The van der Waals surface area contributed by atoms with Gasteiger partial charge in [0.15, 0.2) is 4.32 Å². The Kier molecular flexibility index (Phi) is 8.30. The second-order valence-electron chi connectivity index (χ2n) is 7.52. The lowest BCUT2D eigenvalue weighted by atomic mass is 10.1. The molecule has 0 unspecified atom stereocenters. The van der Waals surface area contributed by atoms with Gasteiger partial charge in [0.25, 0.3) is 11.6 Å². The Hall–Kier alpha value is -4.24. The highest BCUT2D eigenvalue weighted by atomic mass is 35.5. The predicted molar refractivity (Wildman–Crippen MR) is 150 cm³/mol. The summed E-state index contributed by atoms with van der Waals surface area (Å²) in [5.74, 6) is -0.741. The van der Waals surface area contributed by atoms with E-state index in [1.165, 1.54) is 30.3 Å². The molecule has 1 saturated heterocycles. The highest BCUT2D eigenvalue weighted by Crippen LogP contribution is 2.38. The van der Waals surface area contributed by atoms with Gasteiger partial charge in [-0.3, -0.25) is 25.0 Å². The van der Waals surface area contributed by atoms with Crippen molar-refractivity contribution in [1.29, 1.82) is 0 Å². The first-order chi connectivity index (χ1) is 18.5. The van der Waals surface area contributed by atoms with Crippen LogP contribution in [0.1, 0.15) is 5.56 Å². The molecule has 3 amide bonds. The molecule has 0 spiro atoms. The molecule has 1 aliphatic rings. The van der Waals surface area contributed by atoms with Crippen LogP contribution in [0.3, 0.4) is 0 Å². The Labute approximate surface area is 238 Å². The number of thioether (sulfide) groups is 1. The van der Waals surface area contributed by atoms with Crippen LogP contribution >= 0.6 is 47.2 Å². The number of halogens is 2. The number of hydrazine groups is 1. The number of hydrogen-bond donors (Lipinski definition) is 2. The molecular weight excluding hydrogens is 593 g/mol. The number of nitro benzene ring substituents is 2. The monoisotopic (exact) mass is 605 g/mol. The van der Waals surface area contributed by atoms with E-state index in [0.29, 0.717) is 16.3 Å². The topological polar surface area (TPSA) is 157 Å². The Morgan fingerprint density at radius 3 is 2.44 bits per heavy atom. The molecule has 0 radical (unpaired) electrons. The lowest BCUT2D eigenvalue weighted by Gasteiger charge is -2.16. The van der Waals surface area contributed by atoms with Gasteiger partial charge in [-0.1, -0.05) is 53.2 Å². The summed E-state index contributed by atoms with van der Waals surface area (Å²) < 4.78 is 5.75. The number of nitrogens with one attached hydrogen (secondary N) is 2. The summed E-state index contributed by atoms with van der Waals surface area (Å²) >= 11 is 18.0. The average Bonchev–Trinajstić information content (AvgIpc) is 3.14. The quantitative estimate of drug-likeness (QED) is 0.132. The third-order valence-corrected chi connectivity index (χ3v) is 7.00. The van der Waals surface area contributed by atoms with Crippen LogP contribution in [0.2, 0.25) is 10.0 Å². The number of thiocarbonyl (C=S) groups is 1. The molecule has 1 heterocycles. The first-order valence-corrected chi connectivity index (χ1v) is 12.5. The molecule has 3 aromatic rings. The SMILES string of the molecule is O=C(Nc1ccc(Cl)c(Cl)c1)NN1C(=O)/C(=C\c2ccccc2Oc2ccc([N+](=O)[O-])cc2[N+](=O)[O-])SC1=S. The fourth-order valence-electron chi connectivity index (χ4n) is 3.20. The van der Waals surface area contributed by atoms with E-state index >= 15 is 0 Å². The lowest BCUT2D eigenvalue weighted by molar-refractivity contribution is -0.394. The fraction of sp³-hybridized carbons (Fsp3) is 0. The third kappa shape index (κ3) is 6.43. The summed E-state index contributed by atoms with van der Waals surface area (Å²) in [6, 6.07) is 13.0. The minimum Gasteiger partial charge on any atom is -0.449 e. The van der Waals surface area contributed by atoms with E-state index in [4.69, 9.17) is 40.2 Å². The summed E-state index contributed by atoms with van der Waals surface area (Å²) in [5, 5.41) is 26.4. The van der Waals surface area contributed by atoms with Crippen LogP contribution < -0.4 is 15.5 Å². The molecule has 4 rings (SSSR count). The molecule has 1 fully saturated rings. The number of urea groups is 1. The zero-order chi connectivity index (χ0) is 28.3. The van der Waals surface area contributed by atoms with Gasteiger partial charge in [0.05, 0.1) is 30.9 Å². The van der Waals surface area contributed by atoms with Crippen molar-refractivity contribution in [3.63, 3.8) is 0 Å². The van der Waals surface area contributed by atoms with Gasteiger partial charge in [-0.15, -0.1) is 0 Å². The van der Waals surface area contributed by atoms with Gasteiger partial charge in [-0.25, -0.2) is 10.2 Å². The molecule has 39 heavy (non-hydrogen) atoms. The standard InChI is InChI=1S/C23H13Cl2N5O7S2/c24-15-7-5-13(10-16(15)25)26-22(32)27-28-21(31)20(39-23(28)38)9-12-3-1-2-4-18(12)37-19-8-6-14(29(33)34)11-17(19)30(35)36/h1-11H,(H2,26,27,32)/b20-9+. The number of hydrogen-bond acceptors (Lipinski definition) is 9. The van der Waals surface area contributed by atoms with Gasteiger partial charge in [0.2, 0.25) is 5.75 Å². The van der Waals surface area contributed by atoms with Crippen LogP contribution in [0, 0.1) is 20.2 Å². The first-order valence-electron chi connectivity index (χ1n) is 10.5. The number of para-hydroxylation sites is 1. The van der Waals surface area contributed by atoms with E-state index in [0.717, 1.165) is 35.0 Å². The number of benzene rings is 3. The molecule has 0 saturated carbocycles. The first kappa shape index (κ1) is 27.8. The highest BCUT2D eigenvalue weighted by molar-refractivity contribution is 8.26. The maximum atomic E-state index is 13.0. The van der Waals surface area contributed by atoms with E-state index in [9.17, 15) is 29.8 Å². The van der Waals surface area contributed by atoms with Gasteiger partial charge < -0.3 is 10.1 Å². The van der Waals surface area contributed by atoms with E-state index in [2.05, 4.69) is 10.7 Å². The van der Waals surface area contributed by atoms with E-state index < -0.39 is 33.2 Å². The lowest BCUT2D eigenvalue weighted by Crippen LogP contribution is -2.46. The minimum atomic E-state index is -0.801. The number of nitro groups is 2. The molecule has 2 N–H and O–H groups in total. The van der Waals surface area contributed by atoms with Crippen molar-refractivity contribution in [3.05, 3.63) is 101 Å². The second-order valence-corrected chi connectivity index (χ2v) is 10.0. The normalized spacial score (nSPS) is 13.9. The number of ether oxygens (including phenoxy) is 1. The number of anilines is 1. The smallest absolute Gasteiger partial charge is 0.338 e. The van der Waals surface area contributed by atoms with Crippen molar-refractivity contribution in [1.82, 2.24) is 10.4 Å². The maximum absolute atomic E-state index is 13.0. The number of carbonyl (C=O) groups excluding carboxylic acids is 2. The molecule has 0 aliphatic carbocycles. The summed E-state index contributed by atoms with van der Waals surface area (Å²) in [6.45, 7) is 0. The Balaban J connectivity index is 1.54. The van der Waals surface area contributed by atoms with Crippen molar-refractivity contribution < 1.29 is 24.2 Å². The van der Waals surface area contributed by atoms with Crippen molar-refractivity contribution in [2.75, 3.05) is 5.32 Å². The predicted octanol–water partition coefficient (Wildman–Crippen LogP) is 6.54. The summed E-state index contributed by atoms with van der Waals surface area (Å²) in [6.07, 6.45) is 1.43. The molecule has 3 aromatic carbocycles. The van der Waals surface area contributed by atoms with E-state index in [-0.39, 0.29) is 25.7 Å². The van der Waals surface area contributed by atoms with E-state index in [1.54, 1.807) is 18.2 Å². The van der Waals surface area contributed by atoms with Crippen molar-refractivity contribution in [2.45, 2.75) is 0 Å². The molecule has 0 bridgehead atoms. The summed E-state index contributed by atoms with van der Waals surface area (Å²) in [4.78, 5) is 46.5. The van der Waals surface area contributed by atoms with Crippen molar-refractivity contribution >= 4 is 86.6 Å². The largest absolute Gasteiger partial charge is 0.449 e. The highest BCUT2D eigenvalue weighted by Gasteiger charge is 2.34. The van der Waals surface area contributed by atoms with Crippen LogP contribution in [0.15, 0.2) is 65.6 Å². The summed E-state index contributed by atoms with van der Waals surface area (Å²) in [7, 11) is 0. The zero-order valence-electron chi connectivity index (χ0n) is 19.1. The minimum absolute atomic E-state index is 0.0416. The molecule has 12 nitrogen and oxygen atoms in total. The molecule has 0 aromatic heterocycles. The fourth-order valence-corrected chi connectivity index (χ4v) is 4.67. The molecule has 0 atom stereocenters. The van der Waals surface area contributed by atoms with Gasteiger partial charge in [0.1, 0.15) is 5.75 Å². The number of carbonyl (C=O) groups is 2. The van der Waals surface area contributed by atoms with Crippen LogP contribution in [0.4, 0.5) is 21.9 Å². The molecule has 198 valence electrons. The van der Waals surface area contributed by atoms with Crippen LogP contribution in [0.5, 0.6) is 11.5 Å². The van der Waals surface area contributed by atoms with E-state index in [1.807, 2.05) is 0 Å². The number of rotatable bonds is 7. The maximum Gasteiger partial charge on any atom is 0.338 e. The third-order valence-electron chi connectivity index (χ3n) is 4.96. The number of non-ortho nitro benzene ring substituents is 1. The van der Waals surface area contributed by atoms with Crippen LogP contribution in [-0.4, -0.2) is 31.1 Å². The Morgan fingerprint density at radius 1 is 1.00 bits per heavy atom. The van der Waals surface area contributed by atoms with Crippen LogP contribution in [-0.2, 0) is 4.79 Å². The summed E-state index contributed by atoms with van der Waals surface area (Å²) in [5.41, 5.74) is 1.96. The second kappa shape index (κ2) is 11.7. The van der Waals surface area contributed by atoms with Gasteiger partial charge >= 0.3 is 11.7 Å². The van der Waals surface area contributed by atoms with Crippen molar-refractivity contribution in [2.24, 2.45) is 0 Å². The Bertz CT molecular complexity index is 1580. The molecule has 1 aliphatic heterocycles. The van der Waals surface area contributed by atoms with Gasteiger partial charge in [-0.05, 0) is 48.6 Å². The van der Waals surface area contributed by atoms with Crippen molar-refractivity contribution in [3.8, 4) is 11.5 Å². The number of nitrogens with zero attached hydrogens (tertiary/aromatic N) is 3. The van der Waals surface area contributed by atoms with Crippen LogP contribution in [0.25, 0.3) is 6.08 Å².